The van der Waals surface area contributed by atoms with Crippen LogP contribution in [0, 0.1) is 11.6 Å². The van der Waals surface area contributed by atoms with Gasteiger partial charge in [-0.15, -0.1) is 0 Å². The summed E-state index contributed by atoms with van der Waals surface area (Å²) in [6, 6.07) is 3.41. The van der Waals surface area contributed by atoms with Gasteiger partial charge in [0.2, 0.25) is 5.91 Å². The molecule has 25 heavy (non-hydrogen) atoms. The van der Waals surface area contributed by atoms with Crippen LogP contribution in [0.4, 0.5) is 8.78 Å². The second-order valence-corrected chi connectivity index (χ2v) is 6.39. The van der Waals surface area contributed by atoms with E-state index in [1.165, 1.54) is 11.0 Å². The third-order valence-electron chi connectivity index (χ3n) is 4.31. The third kappa shape index (κ3) is 6.08. The zero-order valence-corrected chi connectivity index (χ0v) is 14.2. The molecule has 138 valence electrons. The smallest absolute Gasteiger partial charge is 0.305 e. The monoisotopic (exact) mass is 355 g/mol. The molecule has 0 bridgehead atoms. The lowest BCUT2D eigenvalue weighted by molar-refractivity contribution is -0.139. The summed E-state index contributed by atoms with van der Waals surface area (Å²) < 4.78 is 32.1. The first kappa shape index (κ1) is 19.3. The van der Waals surface area contributed by atoms with Gasteiger partial charge < -0.3 is 14.7 Å². The largest absolute Gasteiger partial charge is 0.481 e. The Morgan fingerprint density at radius 3 is 2.60 bits per heavy atom. The lowest BCUT2D eigenvalue weighted by atomic mass is 10.1. The lowest BCUT2D eigenvalue weighted by Gasteiger charge is -2.23. The minimum absolute atomic E-state index is 0.0229. The Labute approximate surface area is 145 Å². The Morgan fingerprint density at radius 1 is 1.24 bits per heavy atom. The average molecular weight is 355 g/mol. The quantitative estimate of drug-likeness (QED) is 0.778. The van der Waals surface area contributed by atoms with Gasteiger partial charge in [0.1, 0.15) is 0 Å². The van der Waals surface area contributed by atoms with Crippen molar-refractivity contribution in [2.45, 2.75) is 57.8 Å². The Morgan fingerprint density at radius 2 is 2.00 bits per heavy atom. The number of carboxylic acids is 1. The molecule has 0 aliphatic carbocycles. The van der Waals surface area contributed by atoms with Crippen LogP contribution in [0.25, 0.3) is 0 Å². The van der Waals surface area contributed by atoms with E-state index in [0.717, 1.165) is 25.0 Å². The van der Waals surface area contributed by atoms with Crippen molar-refractivity contribution in [2.75, 3.05) is 6.54 Å². The third-order valence-corrected chi connectivity index (χ3v) is 4.31. The van der Waals surface area contributed by atoms with Crippen LogP contribution < -0.4 is 0 Å². The minimum atomic E-state index is -1.02. The fraction of sp³-hybridized carbons (Fsp3) is 0.556. The van der Waals surface area contributed by atoms with Gasteiger partial charge in [0, 0.05) is 19.5 Å². The highest BCUT2D eigenvalue weighted by Crippen LogP contribution is 2.23. The molecule has 1 N–H and O–H groups in total. The van der Waals surface area contributed by atoms with E-state index in [1.54, 1.807) is 0 Å². The SMILES string of the molecule is C[C@@H]1CC[C@@H](CCC(=O)N(CCC(=O)O)Cc2ccc(F)c(F)c2)O1. The van der Waals surface area contributed by atoms with E-state index in [1.807, 2.05) is 6.92 Å². The van der Waals surface area contributed by atoms with Crippen LogP contribution in [0.3, 0.4) is 0 Å². The van der Waals surface area contributed by atoms with E-state index in [0.29, 0.717) is 12.0 Å². The number of carboxylic acid groups (broad SMARTS) is 1. The molecule has 1 saturated heterocycles. The molecule has 1 fully saturated rings. The van der Waals surface area contributed by atoms with Crippen LogP contribution in [0.5, 0.6) is 0 Å². The topological polar surface area (TPSA) is 66.8 Å². The zero-order valence-electron chi connectivity index (χ0n) is 14.2. The molecule has 7 heteroatoms. The maximum absolute atomic E-state index is 13.3. The van der Waals surface area contributed by atoms with Crippen molar-refractivity contribution in [1.29, 1.82) is 0 Å². The van der Waals surface area contributed by atoms with E-state index in [4.69, 9.17) is 9.84 Å². The number of halogens is 2. The van der Waals surface area contributed by atoms with Crippen molar-refractivity contribution in [3.63, 3.8) is 0 Å². The first-order valence-corrected chi connectivity index (χ1v) is 8.44. The summed E-state index contributed by atoms with van der Waals surface area (Å²) in [6.45, 7) is 2.06. The van der Waals surface area contributed by atoms with Crippen LogP contribution in [-0.4, -0.2) is 40.6 Å². The highest BCUT2D eigenvalue weighted by atomic mass is 19.2. The molecule has 2 rings (SSSR count). The molecule has 1 aromatic carbocycles. The Kier molecular flexibility index (Phi) is 6.87. The lowest BCUT2D eigenvalue weighted by Crippen LogP contribution is -2.33. The van der Waals surface area contributed by atoms with Crippen molar-refractivity contribution in [2.24, 2.45) is 0 Å². The van der Waals surface area contributed by atoms with Gasteiger partial charge in [0.15, 0.2) is 11.6 Å². The van der Waals surface area contributed by atoms with E-state index < -0.39 is 17.6 Å². The molecule has 0 spiro atoms. The molecule has 1 aromatic rings. The number of benzene rings is 1. The summed E-state index contributed by atoms with van der Waals surface area (Å²) in [5.74, 6) is -3.18. The van der Waals surface area contributed by atoms with Crippen LogP contribution in [0.2, 0.25) is 0 Å². The predicted molar refractivity (Wildman–Crippen MR) is 86.8 cm³/mol. The maximum Gasteiger partial charge on any atom is 0.305 e. The summed E-state index contributed by atoms with van der Waals surface area (Å²) in [7, 11) is 0. The summed E-state index contributed by atoms with van der Waals surface area (Å²) in [6.07, 6.45) is 2.73. The number of hydrogen-bond donors (Lipinski definition) is 1. The van der Waals surface area contributed by atoms with Crippen molar-refractivity contribution in [1.82, 2.24) is 4.90 Å². The maximum atomic E-state index is 13.3. The fourth-order valence-corrected chi connectivity index (χ4v) is 2.92. The van der Waals surface area contributed by atoms with Crippen LogP contribution in [-0.2, 0) is 20.9 Å². The first-order valence-electron chi connectivity index (χ1n) is 8.44. The molecular weight excluding hydrogens is 332 g/mol. The first-order chi connectivity index (χ1) is 11.8. The molecule has 1 aliphatic rings. The van der Waals surface area contributed by atoms with Gasteiger partial charge in [-0.3, -0.25) is 9.59 Å². The van der Waals surface area contributed by atoms with E-state index in [-0.39, 0.29) is 44.0 Å². The normalized spacial score (nSPS) is 19.8. The second-order valence-electron chi connectivity index (χ2n) is 6.39. The van der Waals surface area contributed by atoms with E-state index in [2.05, 4.69) is 0 Å². The number of hydrogen-bond acceptors (Lipinski definition) is 3. The molecule has 5 nitrogen and oxygen atoms in total. The number of carbonyl (C=O) groups is 2. The predicted octanol–water partition coefficient (Wildman–Crippen LogP) is 3.12. The number of ether oxygens (including phenoxy) is 1. The van der Waals surface area contributed by atoms with Crippen molar-refractivity contribution in [3.8, 4) is 0 Å². The number of carbonyl (C=O) groups excluding carboxylic acids is 1. The molecular formula is C18H23F2NO4. The van der Waals surface area contributed by atoms with Gasteiger partial charge >= 0.3 is 5.97 Å². The highest BCUT2D eigenvalue weighted by molar-refractivity contribution is 5.77. The summed E-state index contributed by atoms with van der Waals surface area (Å²) in [4.78, 5) is 24.6. The second kappa shape index (κ2) is 8.89. The Hall–Kier alpha value is -2.02. The summed E-state index contributed by atoms with van der Waals surface area (Å²) >= 11 is 0. The van der Waals surface area contributed by atoms with Crippen molar-refractivity contribution < 1.29 is 28.2 Å². The van der Waals surface area contributed by atoms with Gasteiger partial charge in [0.25, 0.3) is 0 Å². The summed E-state index contributed by atoms with van der Waals surface area (Å²) in [5, 5.41) is 8.85. The van der Waals surface area contributed by atoms with Gasteiger partial charge in [-0.1, -0.05) is 6.07 Å². The van der Waals surface area contributed by atoms with E-state index >= 15 is 0 Å². The minimum Gasteiger partial charge on any atom is -0.481 e. The number of rotatable bonds is 8. The fourth-order valence-electron chi connectivity index (χ4n) is 2.92. The van der Waals surface area contributed by atoms with Crippen molar-refractivity contribution in [3.05, 3.63) is 35.4 Å². The van der Waals surface area contributed by atoms with Crippen LogP contribution in [0.1, 0.15) is 44.6 Å². The molecule has 0 aromatic heterocycles. The van der Waals surface area contributed by atoms with Gasteiger partial charge in [-0.25, -0.2) is 8.78 Å². The highest BCUT2D eigenvalue weighted by Gasteiger charge is 2.24. The van der Waals surface area contributed by atoms with Crippen LogP contribution >= 0.6 is 0 Å². The van der Waals surface area contributed by atoms with E-state index in [9.17, 15) is 18.4 Å². The average Bonchev–Trinajstić information content (AvgIpc) is 2.97. The molecule has 1 amide bonds. The number of aliphatic carboxylic acids is 1. The molecule has 1 aliphatic heterocycles. The van der Waals surface area contributed by atoms with Crippen molar-refractivity contribution >= 4 is 11.9 Å². The number of nitrogens with zero attached hydrogens (tertiary/aromatic N) is 1. The summed E-state index contributed by atoms with van der Waals surface area (Å²) in [5.41, 5.74) is 0.420. The van der Waals surface area contributed by atoms with Gasteiger partial charge in [0.05, 0.1) is 18.6 Å². The molecule has 0 unspecified atom stereocenters. The molecule has 2 atom stereocenters. The van der Waals surface area contributed by atoms with Gasteiger partial charge in [-0.05, 0) is 43.9 Å². The molecule has 1 heterocycles. The Bertz CT molecular complexity index is 623. The van der Waals surface area contributed by atoms with Crippen LogP contribution in [0.15, 0.2) is 18.2 Å². The molecule has 0 radical (unpaired) electrons. The Balaban J connectivity index is 1.96. The van der Waals surface area contributed by atoms with Gasteiger partial charge in [-0.2, -0.15) is 0 Å². The zero-order chi connectivity index (χ0) is 18.4. The standard InChI is InChI=1S/C18H23F2NO4/c1-12-2-4-14(25-12)5-7-17(22)21(9-8-18(23)24)11-13-3-6-15(19)16(20)10-13/h3,6,10,12,14H,2,4-5,7-9,11H2,1H3,(H,23,24)/t12-,14+/m1/s1. The molecule has 0 saturated carbocycles. The number of amides is 1.